The largest absolute Gasteiger partial charge is 0.393 e. The molecule has 2 nitrogen and oxygen atoms in total. The van der Waals surface area contributed by atoms with Crippen LogP contribution in [-0.4, -0.2) is 29.2 Å². The lowest BCUT2D eigenvalue weighted by Gasteiger charge is -2.32. The van der Waals surface area contributed by atoms with Crippen LogP contribution in [0.3, 0.4) is 0 Å². The third-order valence-electron chi connectivity index (χ3n) is 4.02. The van der Waals surface area contributed by atoms with Gasteiger partial charge in [-0.3, -0.25) is 4.90 Å². The summed E-state index contributed by atoms with van der Waals surface area (Å²) in [6.45, 7) is 5.35. The van der Waals surface area contributed by atoms with Crippen molar-refractivity contribution >= 4 is 15.9 Å². The number of likely N-dealkylation sites (tertiary alicyclic amines) is 1. The zero-order valence-corrected chi connectivity index (χ0v) is 13.3. The summed E-state index contributed by atoms with van der Waals surface area (Å²) in [6.07, 6.45) is 4.56. The average molecular weight is 326 g/mol. The van der Waals surface area contributed by atoms with E-state index in [0.717, 1.165) is 23.4 Å². The molecule has 1 aliphatic heterocycles. The summed E-state index contributed by atoms with van der Waals surface area (Å²) < 4.78 is 1.15. The standard InChI is InChI=1S/C16H24BrNO/c1-13(19)2-3-14-8-10-18(11-9-14)12-15-4-6-16(17)7-5-15/h4-7,13-14,19H,2-3,8-12H2,1H3. The van der Waals surface area contributed by atoms with E-state index in [1.807, 2.05) is 6.92 Å². The molecule has 1 aliphatic rings. The summed E-state index contributed by atoms with van der Waals surface area (Å²) >= 11 is 3.47. The first-order valence-electron chi connectivity index (χ1n) is 7.28. The summed E-state index contributed by atoms with van der Waals surface area (Å²) in [6, 6.07) is 8.63. The first-order valence-corrected chi connectivity index (χ1v) is 8.07. The molecular weight excluding hydrogens is 302 g/mol. The third kappa shape index (κ3) is 5.25. The fourth-order valence-electron chi connectivity index (χ4n) is 2.76. The van der Waals surface area contributed by atoms with Gasteiger partial charge in [0, 0.05) is 11.0 Å². The van der Waals surface area contributed by atoms with Gasteiger partial charge in [-0.05, 0) is 69.3 Å². The second-order valence-electron chi connectivity index (χ2n) is 5.77. The van der Waals surface area contributed by atoms with Crippen molar-refractivity contribution in [1.82, 2.24) is 4.90 Å². The smallest absolute Gasteiger partial charge is 0.0512 e. The average Bonchev–Trinajstić information content (AvgIpc) is 2.40. The van der Waals surface area contributed by atoms with Crippen molar-refractivity contribution < 1.29 is 5.11 Å². The van der Waals surface area contributed by atoms with E-state index in [9.17, 15) is 5.11 Å². The van der Waals surface area contributed by atoms with Gasteiger partial charge in [-0.25, -0.2) is 0 Å². The summed E-state index contributed by atoms with van der Waals surface area (Å²) in [5, 5.41) is 9.34. The lowest BCUT2D eigenvalue weighted by molar-refractivity contribution is 0.141. The number of aliphatic hydroxyl groups is 1. The van der Waals surface area contributed by atoms with Crippen molar-refractivity contribution in [2.24, 2.45) is 5.92 Å². The summed E-state index contributed by atoms with van der Waals surface area (Å²) in [4.78, 5) is 2.54. The molecule has 1 aromatic carbocycles. The van der Waals surface area contributed by atoms with Gasteiger partial charge in [0.1, 0.15) is 0 Å². The van der Waals surface area contributed by atoms with Crippen molar-refractivity contribution in [3.8, 4) is 0 Å². The molecule has 19 heavy (non-hydrogen) atoms. The number of halogens is 1. The van der Waals surface area contributed by atoms with Crippen LogP contribution in [0.25, 0.3) is 0 Å². The van der Waals surface area contributed by atoms with E-state index < -0.39 is 0 Å². The van der Waals surface area contributed by atoms with Crippen molar-refractivity contribution in [3.63, 3.8) is 0 Å². The fourth-order valence-corrected chi connectivity index (χ4v) is 3.02. The number of nitrogens with zero attached hydrogens (tertiary/aromatic N) is 1. The van der Waals surface area contributed by atoms with Gasteiger partial charge in [0.15, 0.2) is 0 Å². The Kier molecular flexibility index (Phi) is 5.86. The Labute approximate surface area is 124 Å². The van der Waals surface area contributed by atoms with Crippen LogP contribution in [0.2, 0.25) is 0 Å². The molecule has 1 N–H and O–H groups in total. The summed E-state index contributed by atoms with van der Waals surface area (Å²) in [5.41, 5.74) is 1.39. The quantitative estimate of drug-likeness (QED) is 0.889. The fraction of sp³-hybridized carbons (Fsp3) is 0.625. The van der Waals surface area contributed by atoms with Gasteiger partial charge in [0.25, 0.3) is 0 Å². The van der Waals surface area contributed by atoms with Crippen molar-refractivity contribution in [2.75, 3.05) is 13.1 Å². The minimum Gasteiger partial charge on any atom is -0.393 e. The molecule has 2 rings (SSSR count). The molecule has 1 atom stereocenters. The van der Waals surface area contributed by atoms with E-state index >= 15 is 0 Å². The van der Waals surface area contributed by atoms with Crippen molar-refractivity contribution in [1.29, 1.82) is 0 Å². The Hall–Kier alpha value is -0.380. The van der Waals surface area contributed by atoms with E-state index in [1.54, 1.807) is 0 Å². The number of hydrogen-bond acceptors (Lipinski definition) is 2. The maximum atomic E-state index is 9.34. The molecule has 0 amide bonds. The van der Waals surface area contributed by atoms with Gasteiger partial charge in [-0.2, -0.15) is 0 Å². The van der Waals surface area contributed by atoms with Crippen LogP contribution < -0.4 is 0 Å². The van der Waals surface area contributed by atoms with E-state index in [1.165, 1.54) is 37.9 Å². The topological polar surface area (TPSA) is 23.5 Å². The number of hydrogen-bond donors (Lipinski definition) is 1. The number of piperidine rings is 1. The van der Waals surface area contributed by atoms with Crippen LogP contribution in [-0.2, 0) is 6.54 Å². The minimum absolute atomic E-state index is 0.138. The summed E-state index contributed by atoms with van der Waals surface area (Å²) in [5.74, 6) is 0.816. The number of rotatable bonds is 5. The minimum atomic E-state index is -0.138. The van der Waals surface area contributed by atoms with Gasteiger partial charge in [-0.15, -0.1) is 0 Å². The van der Waals surface area contributed by atoms with Crippen molar-refractivity contribution in [3.05, 3.63) is 34.3 Å². The van der Waals surface area contributed by atoms with E-state index in [4.69, 9.17) is 0 Å². The van der Waals surface area contributed by atoms with E-state index in [-0.39, 0.29) is 6.10 Å². The molecule has 0 saturated carbocycles. The Balaban J connectivity index is 1.72. The van der Waals surface area contributed by atoms with Gasteiger partial charge >= 0.3 is 0 Å². The van der Waals surface area contributed by atoms with Gasteiger partial charge in [-0.1, -0.05) is 28.1 Å². The highest BCUT2D eigenvalue weighted by Crippen LogP contribution is 2.24. The second-order valence-corrected chi connectivity index (χ2v) is 6.69. The molecule has 1 aromatic rings. The highest BCUT2D eigenvalue weighted by molar-refractivity contribution is 9.10. The SMILES string of the molecule is CC(O)CCC1CCN(Cc2ccc(Br)cc2)CC1. The second kappa shape index (κ2) is 7.41. The Morgan fingerprint density at radius 1 is 1.26 bits per heavy atom. The van der Waals surface area contributed by atoms with E-state index in [0.29, 0.717) is 0 Å². The molecule has 0 aliphatic carbocycles. The molecule has 106 valence electrons. The lowest BCUT2D eigenvalue weighted by atomic mass is 9.91. The monoisotopic (exact) mass is 325 g/mol. The highest BCUT2D eigenvalue weighted by atomic mass is 79.9. The van der Waals surface area contributed by atoms with Crippen LogP contribution in [0.4, 0.5) is 0 Å². The first-order chi connectivity index (χ1) is 9.13. The zero-order valence-electron chi connectivity index (χ0n) is 11.7. The predicted molar refractivity (Wildman–Crippen MR) is 83.1 cm³/mol. The lowest BCUT2D eigenvalue weighted by Crippen LogP contribution is -2.33. The van der Waals surface area contributed by atoms with E-state index in [2.05, 4.69) is 45.1 Å². The Morgan fingerprint density at radius 3 is 2.47 bits per heavy atom. The van der Waals surface area contributed by atoms with Crippen molar-refractivity contribution in [2.45, 2.75) is 45.3 Å². The zero-order chi connectivity index (χ0) is 13.7. The van der Waals surface area contributed by atoms with Crippen LogP contribution in [0, 0.1) is 5.92 Å². The predicted octanol–water partition coefficient (Wildman–Crippen LogP) is 3.82. The maximum absolute atomic E-state index is 9.34. The highest BCUT2D eigenvalue weighted by Gasteiger charge is 2.19. The number of aliphatic hydroxyl groups excluding tert-OH is 1. The molecular formula is C16H24BrNO. The van der Waals surface area contributed by atoms with Crippen LogP contribution >= 0.6 is 15.9 Å². The molecule has 0 spiro atoms. The normalized spacial score (nSPS) is 19.5. The van der Waals surface area contributed by atoms with Crippen LogP contribution in [0.1, 0.15) is 38.2 Å². The van der Waals surface area contributed by atoms with Crippen LogP contribution in [0.5, 0.6) is 0 Å². The molecule has 1 fully saturated rings. The molecule has 0 radical (unpaired) electrons. The van der Waals surface area contributed by atoms with Crippen LogP contribution in [0.15, 0.2) is 28.7 Å². The molecule has 1 heterocycles. The molecule has 3 heteroatoms. The Bertz CT molecular complexity index is 369. The first kappa shape index (κ1) is 15.0. The van der Waals surface area contributed by atoms with Gasteiger partial charge in [0.05, 0.1) is 6.10 Å². The maximum Gasteiger partial charge on any atom is 0.0512 e. The Morgan fingerprint density at radius 2 is 1.89 bits per heavy atom. The molecule has 0 bridgehead atoms. The third-order valence-corrected chi connectivity index (χ3v) is 4.55. The van der Waals surface area contributed by atoms with Gasteiger partial charge < -0.3 is 5.11 Å². The molecule has 1 unspecified atom stereocenters. The number of benzene rings is 1. The molecule has 1 saturated heterocycles. The molecule has 0 aromatic heterocycles. The van der Waals surface area contributed by atoms with Gasteiger partial charge in [0.2, 0.25) is 0 Å². The summed E-state index contributed by atoms with van der Waals surface area (Å²) in [7, 11) is 0.